The number of nitrogens with one attached hydrogen (secondary N) is 2. The van der Waals surface area contributed by atoms with Crippen molar-refractivity contribution in [3.63, 3.8) is 0 Å². The van der Waals surface area contributed by atoms with Crippen LogP contribution >= 0.6 is 23.2 Å². The van der Waals surface area contributed by atoms with Crippen molar-refractivity contribution in [2.75, 3.05) is 17.2 Å². The van der Waals surface area contributed by atoms with E-state index in [0.29, 0.717) is 5.69 Å². The average molecular weight is 335 g/mol. The number of amides is 1. The number of carboxylic acid groups (broad SMARTS) is 1. The Kier molecular flexibility index (Phi) is 5.69. The largest absolute Gasteiger partial charge is 0.480 e. The van der Waals surface area contributed by atoms with Gasteiger partial charge in [0.2, 0.25) is 0 Å². The van der Waals surface area contributed by atoms with E-state index in [1.165, 1.54) is 12.1 Å². The van der Waals surface area contributed by atoms with Gasteiger partial charge in [-0.05, 0) is 32.9 Å². The molecule has 0 aliphatic heterocycles. The van der Waals surface area contributed by atoms with E-state index in [2.05, 4.69) is 10.6 Å². The zero-order chi connectivity index (χ0) is 16.2. The number of hydrogen-bond acceptors (Lipinski definition) is 4. The molecule has 1 aromatic carbocycles. The van der Waals surface area contributed by atoms with Gasteiger partial charge >= 0.3 is 12.1 Å². The van der Waals surface area contributed by atoms with Crippen molar-refractivity contribution in [2.45, 2.75) is 26.4 Å². The molecule has 0 unspecified atom stereocenters. The van der Waals surface area contributed by atoms with Gasteiger partial charge in [-0.15, -0.1) is 0 Å². The van der Waals surface area contributed by atoms with Gasteiger partial charge in [0.1, 0.15) is 12.1 Å². The Labute approximate surface area is 132 Å². The smallest absolute Gasteiger partial charge is 0.412 e. The monoisotopic (exact) mass is 334 g/mol. The summed E-state index contributed by atoms with van der Waals surface area (Å²) in [6.45, 7) is 4.91. The highest BCUT2D eigenvalue weighted by atomic mass is 35.5. The quantitative estimate of drug-likeness (QED) is 0.778. The van der Waals surface area contributed by atoms with Crippen LogP contribution in [-0.4, -0.2) is 29.3 Å². The molecule has 0 radical (unpaired) electrons. The third-order valence-electron chi connectivity index (χ3n) is 2.12. The Hall–Kier alpha value is -1.66. The zero-order valence-corrected chi connectivity index (χ0v) is 13.3. The zero-order valence-electron chi connectivity index (χ0n) is 11.8. The third-order valence-corrected chi connectivity index (χ3v) is 2.75. The van der Waals surface area contributed by atoms with Crippen LogP contribution in [0.25, 0.3) is 0 Å². The molecule has 0 atom stereocenters. The van der Waals surface area contributed by atoms with Gasteiger partial charge in [-0.2, -0.15) is 0 Å². The summed E-state index contributed by atoms with van der Waals surface area (Å²) in [5.41, 5.74) is -0.000765. The molecule has 21 heavy (non-hydrogen) atoms. The number of carboxylic acids is 1. The minimum Gasteiger partial charge on any atom is -0.480 e. The molecule has 0 saturated carbocycles. The van der Waals surface area contributed by atoms with Crippen LogP contribution in [-0.2, 0) is 9.53 Å². The molecule has 6 nitrogen and oxygen atoms in total. The SMILES string of the molecule is CC(C)(C)OC(=O)Nc1cc(Cl)c(NCC(=O)O)cc1Cl. The summed E-state index contributed by atoms with van der Waals surface area (Å²) in [5.74, 6) is -1.03. The van der Waals surface area contributed by atoms with Gasteiger partial charge in [-0.1, -0.05) is 23.2 Å². The first kappa shape index (κ1) is 17.4. The topological polar surface area (TPSA) is 87.7 Å². The molecule has 0 bridgehead atoms. The number of carbonyl (C=O) groups is 2. The molecule has 0 aliphatic rings. The van der Waals surface area contributed by atoms with Crippen LogP contribution in [0.3, 0.4) is 0 Å². The maximum absolute atomic E-state index is 11.7. The molecule has 8 heteroatoms. The minimum atomic E-state index is -1.03. The van der Waals surface area contributed by atoms with Gasteiger partial charge in [0.05, 0.1) is 21.4 Å². The number of hydrogen-bond donors (Lipinski definition) is 3. The van der Waals surface area contributed by atoms with E-state index < -0.39 is 17.7 Å². The number of carbonyl (C=O) groups excluding carboxylic acids is 1. The van der Waals surface area contributed by atoms with E-state index in [1.54, 1.807) is 20.8 Å². The molecule has 0 aromatic heterocycles. The number of halogens is 2. The maximum Gasteiger partial charge on any atom is 0.412 e. The number of aliphatic carboxylic acids is 1. The molecule has 1 rings (SSSR count). The second-order valence-electron chi connectivity index (χ2n) is 5.19. The van der Waals surface area contributed by atoms with Crippen molar-refractivity contribution in [3.8, 4) is 0 Å². The second kappa shape index (κ2) is 6.87. The summed E-state index contributed by atoms with van der Waals surface area (Å²) in [5, 5.41) is 14.1. The van der Waals surface area contributed by atoms with Crippen LogP contribution in [0.4, 0.5) is 16.2 Å². The highest BCUT2D eigenvalue weighted by Gasteiger charge is 2.18. The van der Waals surface area contributed by atoms with Crippen LogP contribution in [0.15, 0.2) is 12.1 Å². The first-order valence-electron chi connectivity index (χ1n) is 6.03. The molecule has 0 aliphatic carbocycles. The fraction of sp³-hybridized carbons (Fsp3) is 0.385. The third kappa shape index (κ3) is 6.10. The van der Waals surface area contributed by atoms with Crippen LogP contribution in [0.1, 0.15) is 20.8 Å². The van der Waals surface area contributed by atoms with E-state index in [1.807, 2.05) is 0 Å². The summed E-state index contributed by atoms with van der Waals surface area (Å²) in [6, 6.07) is 2.84. The van der Waals surface area contributed by atoms with Gasteiger partial charge in [-0.3, -0.25) is 10.1 Å². The lowest BCUT2D eigenvalue weighted by atomic mass is 10.2. The van der Waals surface area contributed by atoms with Crippen LogP contribution in [0.2, 0.25) is 10.0 Å². The number of rotatable bonds is 4. The molecular weight excluding hydrogens is 319 g/mol. The normalized spacial score (nSPS) is 10.9. The Balaban J connectivity index is 2.84. The number of benzene rings is 1. The van der Waals surface area contributed by atoms with Gasteiger partial charge < -0.3 is 15.2 Å². The summed E-state index contributed by atoms with van der Waals surface area (Å²) < 4.78 is 5.10. The Morgan fingerprint density at radius 3 is 2.24 bits per heavy atom. The Bertz CT molecular complexity index is 556. The van der Waals surface area contributed by atoms with E-state index in [-0.39, 0.29) is 22.3 Å². The minimum absolute atomic E-state index is 0.207. The van der Waals surface area contributed by atoms with E-state index in [0.717, 1.165) is 0 Å². The van der Waals surface area contributed by atoms with Crippen molar-refractivity contribution in [1.82, 2.24) is 0 Å². The summed E-state index contributed by atoms with van der Waals surface area (Å²) in [4.78, 5) is 22.2. The molecule has 0 saturated heterocycles. The molecule has 0 spiro atoms. The lowest BCUT2D eigenvalue weighted by Crippen LogP contribution is -2.27. The molecule has 1 aromatic rings. The van der Waals surface area contributed by atoms with Crippen molar-refractivity contribution in [1.29, 1.82) is 0 Å². The van der Waals surface area contributed by atoms with Gasteiger partial charge in [-0.25, -0.2) is 4.79 Å². The number of anilines is 2. The predicted molar refractivity (Wildman–Crippen MR) is 82.4 cm³/mol. The lowest BCUT2D eigenvalue weighted by molar-refractivity contribution is -0.134. The maximum atomic E-state index is 11.7. The van der Waals surface area contributed by atoms with E-state index in [9.17, 15) is 9.59 Å². The van der Waals surface area contributed by atoms with Crippen LogP contribution < -0.4 is 10.6 Å². The van der Waals surface area contributed by atoms with Gasteiger partial charge in [0.25, 0.3) is 0 Å². The lowest BCUT2D eigenvalue weighted by Gasteiger charge is -2.20. The molecular formula is C13H16Cl2N2O4. The first-order chi connectivity index (χ1) is 9.58. The fourth-order valence-corrected chi connectivity index (χ4v) is 1.80. The molecule has 3 N–H and O–H groups in total. The van der Waals surface area contributed by atoms with Gasteiger partial charge in [0, 0.05) is 0 Å². The molecule has 116 valence electrons. The summed E-state index contributed by atoms with van der Waals surface area (Å²) >= 11 is 12.0. The fourth-order valence-electron chi connectivity index (χ4n) is 1.36. The molecule has 0 heterocycles. The summed E-state index contributed by atoms with van der Waals surface area (Å²) in [6.07, 6.45) is -0.660. The van der Waals surface area contributed by atoms with E-state index in [4.69, 9.17) is 33.0 Å². The average Bonchev–Trinajstić information content (AvgIpc) is 2.29. The van der Waals surface area contributed by atoms with E-state index >= 15 is 0 Å². The standard InChI is InChI=1S/C13H16Cl2N2O4/c1-13(2,3)21-12(20)17-10-5-7(14)9(4-8(10)15)16-6-11(18)19/h4-5,16H,6H2,1-3H3,(H,17,20)(H,18,19). The highest BCUT2D eigenvalue weighted by Crippen LogP contribution is 2.32. The second-order valence-corrected chi connectivity index (χ2v) is 6.00. The molecule has 0 fully saturated rings. The first-order valence-corrected chi connectivity index (χ1v) is 6.79. The molecule has 1 amide bonds. The van der Waals surface area contributed by atoms with Crippen molar-refractivity contribution < 1.29 is 19.4 Å². The Morgan fingerprint density at radius 2 is 1.71 bits per heavy atom. The van der Waals surface area contributed by atoms with Gasteiger partial charge in [0.15, 0.2) is 0 Å². The highest BCUT2D eigenvalue weighted by molar-refractivity contribution is 6.37. The van der Waals surface area contributed by atoms with Crippen molar-refractivity contribution in [2.24, 2.45) is 0 Å². The van der Waals surface area contributed by atoms with Crippen molar-refractivity contribution >= 4 is 46.6 Å². The predicted octanol–water partition coefficient (Wildman–Crippen LogP) is 3.84. The Morgan fingerprint density at radius 1 is 1.19 bits per heavy atom. The summed E-state index contributed by atoms with van der Waals surface area (Å²) in [7, 11) is 0. The van der Waals surface area contributed by atoms with Crippen LogP contribution in [0.5, 0.6) is 0 Å². The van der Waals surface area contributed by atoms with Crippen LogP contribution in [0, 0.1) is 0 Å². The van der Waals surface area contributed by atoms with Crippen molar-refractivity contribution in [3.05, 3.63) is 22.2 Å². The number of ether oxygens (including phenoxy) is 1.